The monoisotopic (exact) mass is 408 g/mol. The van der Waals surface area contributed by atoms with Gasteiger partial charge in [0.15, 0.2) is 5.16 Å². The Kier molecular flexibility index (Phi) is 5.85. The molecule has 1 heterocycles. The van der Waals surface area contributed by atoms with Crippen molar-refractivity contribution in [3.8, 4) is 11.4 Å². The number of carbonyl (C=O) groups is 1. The first-order valence-electron chi connectivity index (χ1n) is 9.75. The van der Waals surface area contributed by atoms with Crippen molar-refractivity contribution in [2.45, 2.75) is 42.6 Å². The number of methoxy groups -OCH3 is 1. The van der Waals surface area contributed by atoms with Gasteiger partial charge in [0, 0.05) is 0 Å². The van der Waals surface area contributed by atoms with E-state index < -0.39 is 0 Å². The number of para-hydroxylation sites is 2. The molecular weight excluding hydrogens is 384 g/mol. The Labute approximate surface area is 174 Å². The van der Waals surface area contributed by atoms with Gasteiger partial charge in [0.2, 0.25) is 5.91 Å². The number of carbonyl (C=O) groups excluding carboxylic acids is 1. The number of rotatable bonds is 6. The summed E-state index contributed by atoms with van der Waals surface area (Å²) >= 11 is 1.39. The van der Waals surface area contributed by atoms with E-state index in [9.17, 15) is 4.79 Å². The SMILES string of the molecule is COc1ccccc1-n1cnnc1SC(C)C(=O)NC1CCCc2ccccc21. The number of fused-ring (bicyclic) bond motifs is 1. The number of nitrogens with zero attached hydrogens (tertiary/aromatic N) is 3. The Morgan fingerprint density at radius 2 is 2.03 bits per heavy atom. The second-order valence-electron chi connectivity index (χ2n) is 7.07. The summed E-state index contributed by atoms with van der Waals surface area (Å²) in [6.45, 7) is 1.90. The first-order chi connectivity index (χ1) is 14.2. The molecule has 0 saturated heterocycles. The van der Waals surface area contributed by atoms with Gasteiger partial charge in [-0.15, -0.1) is 10.2 Å². The molecule has 0 saturated carbocycles. The molecule has 7 heteroatoms. The average molecular weight is 409 g/mol. The van der Waals surface area contributed by atoms with E-state index in [1.165, 1.54) is 22.9 Å². The summed E-state index contributed by atoms with van der Waals surface area (Å²) in [7, 11) is 1.63. The molecule has 0 bridgehead atoms. The van der Waals surface area contributed by atoms with Crippen molar-refractivity contribution in [3.63, 3.8) is 0 Å². The van der Waals surface area contributed by atoms with Crippen molar-refractivity contribution in [1.29, 1.82) is 0 Å². The maximum Gasteiger partial charge on any atom is 0.233 e. The first-order valence-corrected chi connectivity index (χ1v) is 10.6. The van der Waals surface area contributed by atoms with Crippen molar-refractivity contribution in [2.75, 3.05) is 7.11 Å². The zero-order valence-electron chi connectivity index (χ0n) is 16.5. The minimum atomic E-state index is -0.304. The van der Waals surface area contributed by atoms with Crippen LogP contribution in [0.4, 0.5) is 0 Å². The molecule has 2 unspecified atom stereocenters. The number of benzene rings is 2. The summed E-state index contributed by atoms with van der Waals surface area (Å²) in [5, 5.41) is 11.8. The van der Waals surface area contributed by atoms with Gasteiger partial charge in [-0.2, -0.15) is 0 Å². The van der Waals surface area contributed by atoms with Crippen LogP contribution in [0.25, 0.3) is 5.69 Å². The molecule has 1 aliphatic carbocycles. The minimum Gasteiger partial charge on any atom is -0.495 e. The van der Waals surface area contributed by atoms with Gasteiger partial charge >= 0.3 is 0 Å². The standard InChI is InChI=1S/C22H24N4O2S/c1-15(21(27)24-18-11-7-9-16-8-3-4-10-17(16)18)29-22-25-23-14-26(22)19-12-5-6-13-20(19)28-2/h3-6,8,10,12-15,18H,7,9,11H2,1-2H3,(H,24,27). The lowest BCUT2D eigenvalue weighted by Gasteiger charge is -2.27. The maximum absolute atomic E-state index is 12.9. The van der Waals surface area contributed by atoms with Crippen molar-refractivity contribution < 1.29 is 9.53 Å². The third-order valence-corrected chi connectivity index (χ3v) is 6.26. The number of aryl methyl sites for hydroxylation is 1. The fourth-order valence-electron chi connectivity index (χ4n) is 3.70. The van der Waals surface area contributed by atoms with Crippen LogP contribution in [0.1, 0.15) is 36.9 Å². The lowest BCUT2D eigenvalue weighted by molar-refractivity contribution is -0.121. The van der Waals surface area contributed by atoms with E-state index in [-0.39, 0.29) is 17.2 Å². The molecule has 0 fully saturated rings. The van der Waals surface area contributed by atoms with Crippen LogP contribution < -0.4 is 10.1 Å². The Morgan fingerprint density at radius 1 is 1.24 bits per heavy atom. The van der Waals surface area contributed by atoms with Gasteiger partial charge in [-0.3, -0.25) is 9.36 Å². The summed E-state index contributed by atoms with van der Waals surface area (Å²) in [6, 6.07) is 16.1. The van der Waals surface area contributed by atoms with Crippen molar-refractivity contribution in [1.82, 2.24) is 20.1 Å². The number of hydrogen-bond acceptors (Lipinski definition) is 5. The number of aromatic nitrogens is 3. The van der Waals surface area contributed by atoms with Crippen LogP contribution in [-0.4, -0.2) is 33.0 Å². The van der Waals surface area contributed by atoms with Crippen LogP contribution in [-0.2, 0) is 11.2 Å². The van der Waals surface area contributed by atoms with E-state index in [4.69, 9.17) is 4.74 Å². The molecule has 2 atom stereocenters. The largest absolute Gasteiger partial charge is 0.495 e. The Bertz CT molecular complexity index is 1000. The highest BCUT2D eigenvalue weighted by Crippen LogP contribution is 2.31. The summed E-state index contributed by atoms with van der Waals surface area (Å²) < 4.78 is 7.30. The van der Waals surface area contributed by atoms with Crippen LogP contribution in [0.15, 0.2) is 60.0 Å². The number of amides is 1. The second-order valence-corrected chi connectivity index (χ2v) is 8.38. The van der Waals surface area contributed by atoms with Crippen LogP contribution >= 0.6 is 11.8 Å². The smallest absolute Gasteiger partial charge is 0.233 e. The summed E-state index contributed by atoms with van der Waals surface area (Å²) in [5.41, 5.74) is 3.41. The van der Waals surface area contributed by atoms with Crippen molar-refractivity contribution >= 4 is 17.7 Å². The van der Waals surface area contributed by atoms with E-state index in [2.05, 4.69) is 33.7 Å². The van der Waals surface area contributed by atoms with E-state index >= 15 is 0 Å². The number of ether oxygens (including phenoxy) is 1. The molecule has 1 N–H and O–H groups in total. The summed E-state index contributed by atoms with van der Waals surface area (Å²) in [5.74, 6) is 0.733. The number of nitrogens with one attached hydrogen (secondary N) is 1. The average Bonchev–Trinajstić information content (AvgIpc) is 3.21. The van der Waals surface area contributed by atoms with E-state index in [1.54, 1.807) is 13.4 Å². The first kappa shape index (κ1) is 19.5. The van der Waals surface area contributed by atoms with Crippen LogP contribution in [0, 0.1) is 0 Å². The molecule has 4 rings (SSSR count). The van der Waals surface area contributed by atoms with Gasteiger partial charge < -0.3 is 10.1 Å². The van der Waals surface area contributed by atoms with Crippen LogP contribution in [0.2, 0.25) is 0 Å². The molecular formula is C22H24N4O2S. The van der Waals surface area contributed by atoms with Gasteiger partial charge in [-0.1, -0.05) is 48.2 Å². The molecule has 3 aromatic rings. The van der Waals surface area contributed by atoms with E-state index in [1.807, 2.05) is 41.8 Å². The van der Waals surface area contributed by atoms with E-state index in [0.717, 1.165) is 30.7 Å². The molecule has 1 aliphatic rings. The molecule has 0 aliphatic heterocycles. The van der Waals surface area contributed by atoms with Gasteiger partial charge in [-0.05, 0) is 49.4 Å². The highest BCUT2D eigenvalue weighted by molar-refractivity contribution is 8.00. The topological polar surface area (TPSA) is 69.0 Å². The molecule has 150 valence electrons. The summed E-state index contributed by atoms with van der Waals surface area (Å²) in [6.07, 6.45) is 4.78. The Balaban J connectivity index is 1.48. The molecule has 0 radical (unpaired) electrons. The Morgan fingerprint density at radius 3 is 2.90 bits per heavy atom. The van der Waals surface area contributed by atoms with Gasteiger partial charge in [0.25, 0.3) is 0 Å². The normalized spacial score (nSPS) is 16.7. The fraction of sp³-hybridized carbons (Fsp3) is 0.318. The highest BCUT2D eigenvalue weighted by Gasteiger charge is 2.25. The quantitative estimate of drug-likeness (QED) is 0.626. The zero-order valence-corrected chi connectivity index (χ0v) is 17.4. The Hall–Kier alpha value is -2.80. The number of thioether (sulfide) groups is 1. The van der Waals surface area contributed by atoms with Gasteiger partial charge in [0.1, 0.15) is 12.1 Å². The van der Waals surface area contributed by atoms with Crippen LogP contribution in [0.3, 0.4) is 0 Å². The maximum atomic E-state index is 12.9. The third-order valence-electron chi connectivity index (χ3n) is 5.20. The molecule has 1 aromatic heterocycles. The predicted octanol–water partition coefficient (Wildman–Crippen LogP) is 3.95. The molecule has 1 amide bonds. The molecule has 2 aromatic carbocycles. The molecule has 0 spiro atoms. The molecule has 29 heavy (non-hydrogen) atoms. The predicted molar refractivity (Wildman–Crippen MR) is 113 cm³/mol. The van der Waals surface area contributed by atoms with E-state index in [0.29, 0.717) is 5.16 Å². The molecule has 6 nitrogen and oxygen atoms in total. The second kappa shape index (κ2) is 8.69. The lowest BCUT2D eigenvalue weighted by Crippen LogP contribution is -2.36. The summed E-state index contributed by atoms with van der Waals surface area (Å²) in [4.78, 5) is 12.9. The van der Waals surface area contributed by atoms with Crippen molar-refractivity contribution in [3.05, 3.63) is 66.0 Å². The number of hydrogen-bond donors (Lipinski definition) is 1. The fourth-order valence-corrected chi connectivity index (χ4v) is 4.55. The van der Waals surface area contributed by atoms with Crippen LogP contribution in [0.5, 0.6) is 5.75 Å². The minimum absolute atomic E-state index is 0.00581. The third kappa shape index (κ3) is 4.15. The van der Waals surface area contributed by atoms with Gasteiger partial charge in [-0.25, -0.2) is 0 Å². The zero-order chi connectivity index (χ0) is 20.2. The lowest BCUT2D eigenvalue weighted by atomic mass is 9.88. The highest BCUT2D eigenvalue weighted by atomic mass is 32.2. The van der Waals surface area contributed by atoms with Crippen molar-refractivity contribution in [2.24, 2.45) is 0 Å². The van der Waals surface area contributed by atoms with Gasteiger partial charge in [0.05, 0.1) is 24.1 Å².